The molecule has 0 fully saturated rings. The van der Waals surface area contributed by atoms with Crippen LogP contribution in [0.2, 0.25) is 0 Å². The van der Waals surface area contributed by atoms with Crippen LogP contribution >= 0.6 is 0 Å². The Labute approximate surface area is 137 Å². The van der Waals surface area contributed by atoms with Gasteiger partial charge in [0.05, 0.1) is 6.07 Å². The van der Waals surface area contributed by atoms with Crippen LogP contribution in [0.1, 0.15) is 51.8 Å². The summed E-state index contributed by atoms with van der Waals surface area (Å²) in [5.74, 6) is -0.864. The molecule has 0 bridgehead atoms. The molecule has 1 rings (SSSR count). The number of hydrogen-bond donors (Lipinski definition) is 0. The topological polar surface area (TPSA) is 70.4 Å². The molecule has 0 aliphatic carbocycles. The van der Waals surface area contributed by atoms with Crippen molar-refractivity contribution in [1.29, 1.82) is 5.26 Å². The Morgan fingerprint density at radius 1 is 1.22 bits per heavy atom. The maximum Gasteiger partial charge on any atom is 0.418 e. The Morgan fingerprint density at radius 3 is 2.22 bits per heavy atom. The highest BCUT2D eigenvalue weighted by atomic mass is 16.6. The highest BCUT2D eigenvalue weighted by molar-refractivity contribution is 5.94. The second-order valence-electron chi connectivity index (χ2n) is 6.73. The summed E-state index contributed by atoms with van der Waals surface area (Å²) in [6.45, 7) is 10.4. The van der Waals surface area contributed by atoms with E-state index in [0.717, 1.165) is 10.5 Å². The smallest absolute Gasteiger partial charge is 0.418 e. The van der Waals surface area contributed by atoms with Gasteiger partial charge in [0.1, 0.15) is 5.60 Å². The van der Waals surface area contributed by atoms with Crippen LogP contribution in [-0.4, -0.2) is 22.5 Å². The number of imide groups is 1. The van der Waals surface area contributed by atoms with Gasteiger partial charge in [-0.25, -0.2) is 9.69 Å². The lowest BCUT2D eigenvalue weighted by molar-refractivity contribution is -0.134. The molecule has 0 aliphatic rings. The molecule has 0 aromatic heterocycles. The van der Waals surface area contributed by atoms with Crippen LogP contribution in [0.15, 0.2) is 24.3 Å². The first-order valence-corrected chi connectivity index (χ1v) is 7.59. The Kier molecular flexibility index (Phi) is 5.91. The minimum atomic E-state index is -1.01. The number of carbonyl (C=O) groups is 2. The van der Waals surface area contributed by atoms with Crippen LogP contribution in [0, 0.1) is 24.2 Å². The molecule has 0 spiro atoms. The Hall–Kier alpha value is -2.35. The lowest BCUT2D eigenvalue weighted by Crippen LogP contribution is -2.44. The van der Waals surface area contributed by atoms with E-state index < -0.39 is 29.6 Å². The summed E-state index contributed by atoms with van der Waals surface area (Å²) in [5.41, 5.74) is 0.706. The van der Waals surface area contributed by atoms with Crippen LogP contribution in [0.5, 0.6) is 0 Å². The standard InChI is InChI=1S/C18H24N2O3/c1-12(2)16(21)20(17(22)23-18(4,5)6)15(11-19)14-10-8-7-9-13(14)3/h7-10,12,15H,1-6H3. The first kappa shape index (κ1) is 18.7. The molecule has 0 saturated heterocycles. The van der Waals surface area contributed by atoms with Gasteiger partial charge in [0, 0.05) is 5.92 Å². The van der Waals surface area contributed by atoms with E-state index in [4.69, 9.17) is 4.74 Å². The van der Waals surface area contributed by atoms with Crippen molar-refractivity contribution in [2.45, 2.75) is 53.2 Å². The fourth-order valence-corrected chi connectivity index (χ4v) is 2.07. The molecule has 23 heavy (non-hydrogen) atoms. The van der Waals surface area contributed by atoms with E-state index >= 15 is 0 Å². The molecule has 1 unspecified atom stereocenters. The van der Waals surface area contributed by atoms with Crippen LogP contribution < -0.4 is 0 Å². The second-order valence-corrected chi connectivity index (χ2v) is 6.73. The van der Waals surface area contributed by atoms with Crippen molar-refractivity contribution in [2.24, 2.45) is 5.92 Å². The minimum absolute atomic E-state index is 0.428. The first-order valence-electron chi connectivity index (χ1n) is 7.59. The number of nitriles is 1. The van der Waals surface area contributed by atoms with Gasteiger partial charge in [-0.3, -0.25) is 4.79 Å². The van der Waals surface area contributed by atoms with Gasteiger partial charge in [0.15, 0.2) is 6.04 Å². The molecule has 0 radical (unpaired) electrons. The number of rotatable bonds is 3. The van der Waals surface area contributed by atoms with Gasteiger partial charge in [-0.2, -0.15) is 5.26 Å². The molecule has 1 atom stereocenters. The number of carbonyl (C=O) groups excluding carboxylic acids is 2. The normalized spacial score (nSPS) is 12.4. The summed E-state index contributed by atoms with van der Waals surface area (Å²) in [5, 5.41) is 9.60. The number of nitrogens with zero attached hydrogens (tertiary/aromatic N) is 2. The number of benzene rings is 1. The summed E-state index contributed by atoms with van der Waals surface area (Å²) >= 11 is 0. The SMILES string of the molecule is Cc1ccccc1C(C#N)N(C(=O)OC(C)(C)C)C(=O)C(C)C. The second kappa shape index (κ2) is 7.28. The third-order valence-electron chi connectivity index (χ3n) is 3.19. The highest BCUT2D eigenvalue weighted by Crippen LogP contribution is 2.27. The van der Waals surface area contributed by atoms with Crippen molar-refractivity contribution in [3.63, 3.8) is 0 Å². The van der Waals surface area contributed by atoms with Gasteiger partial charge in [-0.1, -0.05) is 38.1 Å². The molecule has 0 N–H and O–H groups in total. The van der Waals surface area contributed by atoms with Gasteiger partial charge in [-0.15, -0.1) is 0 Å². The van der Waals surface area contributed by atoms with Crippen molar-refractivity contribution in [1.82, 2.24) is 4.90 Å². The molecule has 1 aromatic rings. The van der Waals surface area contributed by atoms with Crippen molar-refractivity contribution in [2.75, 3.05) is 0 Å². The van der Waals surface area contributed by atoms with E-state index in [1.54, 1.807) is 46.8 Å². The maximum atomic E-state index is 12.5. The summed E-state index contributed by atoms with van der Waals surface area (Å²) in [7, 11) is 0. The van der Waals surface area contributed by atoms with Crippen molar-refractivity contribution in [3.05, 3.63) is 35.4 Å². The van der Waals surface area contributed by atoms with Crippen molar-refractivity contribution in [3.8, 4) is 6.07 Å². The number of ether oxygens (including phenoxy) is 1. The molecule has 0 heterocycles. The lowest BCUT2D eigenvalue weighted by atomic mass is 10.00. The van der Waals surface area contributed by atoms with E-state index in [2.05, 4.69) is 6.07 Å². The zero-order valence-electron chi connectivity index (χ0n) is 14.6. The molecule has 1 aromatic carbocycles. The zero-order chi connectivity index (χ0) is 17.8. The summed E-state index contributed by atoms with van der Waals surface area (Å²) < 4.78 is 5.33. The number of amides is 2. The molecule has 124 valence electrons. The predicted molar refractivity (Wildman–Crippen MR) is 87.5 cm³/mol. The molecular formula is C18H24N2O3. The van der Waals surface area contributed by atoms with Gasteiger partial charge < -0.3 is 4.74 Å². The van der Waals surface area contributed by atoms with Crippen molar-refractivity contribution < 1.29 is 14.3 Å². The molecular weight excluding hydrogens is 292 g/mol. The quantitative estimate of drug-likeness (QED) is 0.845. The molecule has 0 aliphatic heterocycles. The Morgan fingerprint density at radius 2 is 1.78 bits per heavy atom. The summed E-state index contributed by atoms with van der Waals surface area (Å²) in [4.78, 5) is 26.0. The average Bonchev–Trinajstić information content (AvgIpc) is 2.42. The van der Waals surface area contributed by atoms with E-state index in [0.29, 0.717) is 5.56 Å². The number of aryl methyl sites for hydroxylation is 1. The monoisotopic (exact) mass is 316 g/mol. The predicted octanol–water partition coefficient (Wildman–Crippen LogP) is 3.98. The van der Waals surface area contributed by atoms with Crippen LogP contribution in [0.4, 0.5) is 4.79 Å². The van der Waals surface area contributed by atoms with Gasteiger partial charge in [-0.05, 0) is 38.8 Å². The highest BCUT2D eigenvalue weighted by Gasteiger charge is 2.36. The third-order valence-corrected chi connectivity index (χ3v) is 3.19. The van der Waals surface area contributed by atoms with E-state index in [1.807, 2.05) is 19.1 Å². The summed E-state index contributed by atoms with van der Waals surface area (Å²) in [6.07, 6.45) is -0.800. The average molecular weight is 316 g/mol. The lowest BCUT2D eigenvalue weighted by Gasteiger charge is -2.30. The summed E-state index contributed by atoms with van der Waals surface area (Å²) in [6, 6.07) is 8.26. The van der Waals surface area contributed by atoms with Crippen molar-refractivity contribution >= 4 is 12.0 Å². The largest absolute Gasteiger partial charge is 0.443 e. The van der Waals surface area contributed by atoms with Gasteiger partial charge in [0.2, 0.25) is 5.91 Å². The molecule has 0 saturated carbocycles. The zero-order valence-corrected chi connectivity index (χ0v) is 14.6. The Bertz CT molecular complexity index is 624. The van der Waals surface area contributed by atoms with Gasteiger partial charge >= 0.3 is 6.09 Å². The van der Waals surface area contributed by atoms with Crippen LogP contribution in [0.25, 0.3) is 0 Å². The molecule has 5 heteroatoms. The number of hydrogen-bond acceptors (Lipinski definition) is 4. The third kappa shape index (κ3) is 4.82. The van der Waals surface area contributed by atoms with E-state index in [1.165, 1.54) is 0 Å². The molecule has 5 nitrogen and oxygen atoms in total. The van der Waals surface area contributed by atoms with E-state index in [9.17, 15) is 14.9 Å². The maximum absolute atomic E-state index is 12.5. The fourth-order valence-electron chi connectivity index (χ4n) is 2.07. The first-order chi connectivity index (χ1) is 10.6. The molecule has 2 amide bonds. The minimum Gasteiger partial charge on any atom is -0.443 e. The van der Waals surface area contributed by atoms with Crippen LogP contribution in [0.3, 0.4) is 0 Å². The van der Waals surface area contributed by atoms with Crippen LogP contribution in [-0.2, 0) is 9.53 Å². The van der Waals surface area contributed by atoms with Gasteiger partial charge in [0.25, 0.3) is 0 Å². The Balaban J connectivity index is 3.32. The fraction of sp³-hybridized carbons (Fsp3) is 0.500. The van der Waals surface area contributed by atoms with E-state index in [-0.39, 0.29) is 0 Å².